The molecule has 2 N–H and O–H groups in total. The number of anilines is 1. The third kappa shape index (κ3) is 2.89. The number of nitrogens with zero attached hydrogens (tertiary/aromatic N) is 2. The van der Waals surface area contributed by atoms with Crippen LogP contribution in [-0.4, -0.2) is 27.6 Å². The van der Waals surface area contributed by atoms with Gasteiger partial charge in [-0.15, -0.1) is 0 Å². The average molecular weight is 243 g/mol. The number of nitrogens with one attached hydrogen (secondary N) is 1. The number of rotatable bonds is 3. The van der Waals surface area contributed by atoms with Crippen LogP contribution in [0.3, 0.4) is 0 Å². The van der Waals surface area contributed by atoms with E-state index in [1.54, 1.807) is 18.3 Å². The number of amides is 1. The van der Waals surface area contributed by atoms with Gasteiger partial charge in [0.1, 0.15) is 6.61 Å². The van der Waals surface area contributed by atoms with Gasteiger partial charge in [-0.25, -0.2) is 9.97 Å². The second kappa shape index (κ2) is 5.37. The Morgan fingerprint density at radius 2 is 2.00 bits per heavy atom. The zero-order valence-corrected chi connectivity index (χ0v) is 9.92. The van der Waals surface area contributed by atoms with Gasteiger partial charge < -0.3 is 10.4 Å². The van der Waals surface area contributed by atoms with Crippen molar-refractivity contribution in [2.24, 2.45) is 0 Å². The highest BCUT2D eigenvalue weighted by Crippen LogP contribution is 2.17. The third-order valence-electron chi connectivity index (χ3n) is 2.37. The fraction of sp³-hybridized carbons (Fsp3) is 0.154. The Kier molecular flexibility index (Phi) is 3.64. The molecule has 0 spiro atoms. The van der Waals surface area contributed by atoms with Crippen molar-refractivity contribution in [2.45, 2.75) is 6.92 Å². The standard InChI is InChI=1S/C13H13N3O2/c1-9-6-7-14-13(15-9)10-2-4-11(5-3-10)16-12(18)8-17/h2-7,17H,8H2,1H3,(H,16,18). The molecule has 0 aliphatic rings. The van der Waals surface area contributed by atoms with Crippen LogP contribution in [0.15, 0.2) is 36.5 Å². The third-order valence-corrected chi connectivity index (χ3v) is 2.37. The summed E-state index contributed by atoms with van der Waals surface area (Å²) >= 11 is 0. The summed E-state index contributed by atoms with van der Waals surface area (Å²) in [6.07, 6.45) is 1.71. The van der Waals surface area contributed by atoms with E-state index in [-0.39, 0.29) is 0 Å². The number of carbonyl (C=O) groups is 1. The van der Waals surface area contributed by atoms with Crippen LogP contribution in [0.4, 0.5) is 5.69 Å². The maximum atomic E-state index is 11.0. The second-order valence-corrected chi connectivity index (χ2v) is 3.81. The fourth-order valence-electron chi connectivity index (χ4n) is 1.49. The molecule has 0 fully saturated rings. The highest BCUT2D eigenvalue weighted by Gasteiger charge is 2.03. The summed E-state index contributed by atoms with van der Waals surface area (Å²) in [5, 5.41) is 11.2. The van der Waals surface area contributed by atoms with Gasteiger partial charge in [-0.1, -0.05) is 0 Å². The second-order valence-electron chi connectivity index (χ2n) is 3.81. The predicted octanol–water partition coefficient (Wildman–Crippen LogP) is 1.38. The van der Waals surface area contributed by atoms with Crippen LogP contribution in [0, 0.1) is 6.92 Å². The molecule has 1 heterocycles. The number of benzene rings is 1. The lowest BCUT2D eigenvalue weighted by Gasteiger charge is -2.05. The lowest BCUT2D eigenvalue weighted by molar-refractivity contribution is -0.118. The van der Waals surface area contributed by atoms with Crippen molar-refractivity contribution in [3.8, 4) is 11.4 Å². The number of hydrogen-bond acceptors (Lipinski definition) is 4. The molecule has 0 bridgehead atoms. The molecule has 0 atom stereocenters. The summed E-state index contributed by atoms with van der Waals surface area (Å²) < 4.78 is 0. The van der Waals surface area contributed by atoms with E-state index >= 15 is 0 Å². The minimum atomic E-state index is -0.525. The molecule has 92 valence electrons. The molecular weight excluding hydrogens is 230 g/mol. The maximum Gasteiger partial charge on any atom is 0.250 e. The van der Waals surface area contributed by atoms with Crippen LogP contribution >= 0.6 is 0 Å². The van der Waals surface area contributed by atoms with E-state index in [4.69, 9.17) is 5.11 Å². The van der Waals surface area contributed by atoms with E-state index in [0.29, 0.717) is 11.5 Å². The highest BCUT2D eigenvalue weighted by atomic mass is 16.3. The molecule has 1 aromatic heterocycles. The van der Waals surface area contributed by atoms with Crippen LogP contribution < -0.4 is 5.32 Å². The predicted molar refractivity (Wildman–Crippen MR) is 67.9 cm³/mol. The first-order valence-electron chi connectivity index (χ1n) is 5.50. The molecule has 18 heavy (non-hydrogen) atoms. The molecule has 1 amide bonds. The van der Waals surface area contributed by atoms with Crippen molar-refractivity contribution in [2.75, 3.05) is 11.9 Å². The van der Waals surface area contributed by atoms with Crippen LogP contribution in [-0.2, 0) is 4.79 Å². The highest BCUT2D eigenvalue weighted by molar-refractivity contribution is 5.91. The Hall–Kier alpha value is -2.27. The van der Waals surface area contributed by atoms with Gasteiger partial charge in [0.25, 0.3) is 0 Å². The first-order valence-corrected chi connectivity index (χ1v) is 5.50. The van der Waals surface area contributed by atoms with Crippen molar-refractivity contribution in [3.63, 3.8) is 0 Å². The number of aryl methyl sites for hydroxylation is 1. The number of aliphatic hydroxyl groups excluding tert-OH is 1. The lowest BCUT2D eigenvalue weighted by Crippen LogP contribution is -2.15. The Morgan fingerprint density at radius 1 is 1.28 bits per heavy atom. The summed E-state index contributed by atoms with van der Waals surface area (Å²) in [4.78, 5) is 19.5. The Morgan fingerprint density at radius 3 is 2.61 bits per heavy atom. The van der Waals surface area contributed by atoms with E-state index in [0.717, 1.165) is 11.3 Å². The van der Waals surface area contributed by atoms with Gasteiger partial charge in [-0.2, -0.15) is 0 Å². The molecular formula is C13H13N3O2. The van der Waals surface area contributed by atoms with Crippen molar-refractivity contribution in [1.82, 2.24) is 9.97 Å². The van der Waals surface area contributed by atoms with Crippen molar-refractivity contribution < 1.29 is 9.90 Å². The minimum absolute atomic E-state index is 0.436. The molecule has 2 rings (SSSR count). The largest absolute Gasteiger partial charge is 0.387 e. The van der Waals surface area contributed by atoms with Gasteiger partial charge in [0.05, 0.1) is 0 Å². The molecule has 0 aliphatic carbocycles. The van der Waals surface area contributed by atoms with Crippen LogP contribution in [0.1, 0.15) is 5.69 Å². The number of carbonyl (C=O) groups excluding carboxylic acids is 1. The van der Waals surface area contributed by atoms with Crippen molar-refractivity contribution in [3.05, 3.63) is 42.2 Å². The smallest absolute Gasteiger partial charge is 0.250 e. The van der Waals surface area contributed by atoms with Crippen LogP contribution in [0.5, 0.6) is 0 Å². The summed E-state index contributed by atoms with van der Waals surface area (Å²) in [7, 11) is 0. The Bertz CT molecular complexity index is 552. The average Bonchev–Trinajstić information content (AvgIpc) is 2.39. The van der Waals surface area contributed by atoms with Crippen molar-refractivity contribution in [1.29, 1.82) is 0 Å². The molecule has 5 nitrogen and oxygen atoms in total. The fourth-order valence-corrected chi connectivity index (χ4v) is 1.49. The topological polar surface area (TPSA) is 75.1 Å². The molecule has 2 aromatic rings. The number of aliphatic hydroxyl groups is 1. The van der Waals surface area contributed by atoms with Crippen LogP contribution in [0.2, 0.25) is 0 Å². The molecule has 0 saturated carbocycles. The van der Waals surface area contributed by atoms with E-state index in [9.17, 15) is 4.79 Å². The molecule has 0 radical (unpaired) electrons. The van der Waals surface area contributed by atoms with Gasteiger partial charge in [0.15, 0.2) is 5.82 Å². The van der Waals surface area contributed by atoms with Gasteiger partial charge in [0.2, 0.25) is 5.91 Å². The normalized spacial score (nSPS) is 10.1. The quantitative estimate of drug-likeness (QED) is 0.854. The summed E-state index contributed by atoms with van der Waals surface area (Å²) in [6, 6.07) is 8.96. The van der Waals surface area contributed by atoms with E-state index in [1.807, 2.05) is 25.1 Å². The minimum Gasteiger partial charge on any atom is -0.387 e. The Balaban J connectivity index is 2.19. The van der Waals surface area contributed by atoms with E-state index in [1.165, 1.54) is 0 Å². The molecule has 0 saturated heterocycles. The van der Waals surface area contributed by atoms with E-state index < -0.39 is 12.5 Å². The summed E-state index contributed by atoms with van der Waals surface area (Å²) in [5.41, 5.74) is 2.41. The number of hydrogen-bond donors (Lipinski definition) is 2. The van der Waals surface area contributed by atoms with E-state index in [2.05, 4.69) is 15.3 Å². The SMILES string of the molecule is Cc1ccnc(-c2ccc(NC(=O)CO)cc2)n1. The van der Waals surface area contributed by atoms with Crippen LogP contribution in [0.25, 0.3) is 11.4 Å². The zero-order valence-electron chi connectivity index (χ0n) is 9.92. The van der Waals surface area contributed by atoms with Gasteiger partial charge in [0, 0.05) is 23.1 Å². The summed E-state index contributed by atoms with van der Waals surface area (Å²) in [5.74, 6) is 0.213. The molecule has 1 aromatic carbocycles. The first kappa shape index (κ1) is 12.2. The Labute approximate surface area is 105 Å². The zero-order chi connectivity index (χ0) is 13.0. The summed E-state index contributed by atoms with van der Waals surface area (Å²) in [6.45, 7) is 1.38. The lowest BCUT2D eigenvalue weighted by atomic mass is 10.2. The van der Waals surface area contributed by atoms with Gasteiger partial charge in [-0.3, -0.25) is 4.79 Å². The number of aromatic nitrogens is 2. The van der Waals surface area contributed by atoms with Gasteiger partial charge >= 0.3 is 0 Å². The maximum absolute atomic E-state index is 11.0. The molecule has 0 aliphatic heterocycles. The van der Waals surface area contributed by atoms with Crippen molar-refractivity contribution >= 4 is 11.6 Å². The van der Waals surface area contributed by atoms with Gasteiger partial charge in [-0.05, 0) is 37.3 Å². The first-order chi connectivity index (χ1) is 8.69. The molecule has 5 heteroatoms. The molecule has 0 unspecified atom stereocenters. The monoisotopic (exact) mass is 243 g/mol.